The molecule has 0 radical (unpaired) electrons. The molecule has 1 aliphatic heterocycles. The maximum atomic E-state index is 13.2. The number of aryl methyl sites for hydroxylation is 1. The van der Waals surface area contributed by atoms with E-state index in [-0.39, 0.29) is 17.7 Å². The number of carbonyl (C=O) groups excluding carboxylic acids is 2. The second-order valence-corrected chi connectivity index (χ2v) is 7.03. The second-order valence-electron chi connectivity index (χ2n) is 7.03. The van der Waals surface area contributed by atoms with E-state index in [2.05, 4.69) is 12.1 Å². The zero-order valence-electron chi connectivity index (χ0n) is 13.4. The van der Waals surface area contributed by atoms with E-state index in [1.54, 1.807) is 6.07 Å². The van der Waals surface area contributed by atoms with Crippen LogP contribution >= 0.6 is 0 Å². The van der Waals surface area contributed by atoms with Crippen molar-refractivity contribution in [3.63, 3.8) is 0 Å². The van der Waals surface area contributed by atoms with Crippen LogP contribution in [0.5, 0.6) is 0 Å². The van der Waals surface area contributed by atoms with Gasteiger partial charge < -0.3 is 4.74 Å². The first-order valence-electron chi connectivity index (χ1n) is 8.72. The van der Waals surface area contributed by atoms with Gasteiger partial charge in [-0.2, -0.15) is 0 Å². The molecule has 0 saturated carbocycles. The molecule has 3 nitrogen and oxygen atoms in total. The molecular weight excluding hydrogens is 300 g/mol. The monoisotopic (exact) mass is 318 g/mol. The van der Waals surface area contributed by atoms with Gasteiger partial charge in [-0.1, -0.05) is 30.3 Å². The Kier molecular flexibility index (Phi) is 2.93. The third kappa shape index (κ3) is 1.84. The second kappa shape index (κ2) is 5.04. The Morgan fingerprint density at radius 1 is 0.917 bits per heavy atom. The van der Waals surface area contributed by atoms with E-state index in [1.807, 2.05) is 18.2 Å². The van der Waals surface area contributed by atoms with Gasteiger partial charge in [-0.05, 0) is 54.9 Å². The Hall–Kier alpha value is -2.42. The summed E-state index contributed by atoms with van der Waals surface area (Å²) in [5.74, 6) is -0.416. The third-order valence-electron chi connectivity index (χ3n) is 5.73. The fourth-order valence-corrected chi connectivity index (χ4v) is 4.59. The topological polar surface area (TPSA) is 43.4 Å². The number of rotatable bonds is 1. The average molecular weight is 318 g/mol. The highest BCUT2D eigenvalue weighted by Gasteiger charge is 2.44. The molecule has 3 aliphatic rings. The van der Waals surface area contributed by atoms with Crippen molar-refractivity contribution < 1.29 is 14.3 Å². The van der Waals surface area contributed by atoms with Gasteiger partial charge in [0.15, 0.2) is 5.78 Å². The van der Waals surface area contributed by atoms with E-state index >= 15 is 0 Å². The Morgan fingerprint density at radius 2 is 1.71 bits per heavy atom. The van der Waals surface area contributed by atoms with Crippen LogP contribution in [0.1, 0.15) is 61.9 Å². The zero-order valence-corrected chi connectivity index (χ0v) is 13.4. The molecule has 0 spiro atoms. The number of benzene rings is 2. The average Bonchev–Trinajstić information content (AvgIpc) is 3.13. The number of hydrogen-bond acceptors (Lipinski definition) is 3. The normalized spacial score (nSPS) is 24.3. The van der Waals surface area contributed by atoms with Crippen LogP contribution < -0.4 is 0 Å². The van der Waals surface area contributed by atoms with Crippen molar-refractivity contribution in [3.8, 4) is 0 Å². The standard InChI is InChI=1S/C21H18O3/c22-19-17(20-15-7-3-4-8-16(15)21(23)24-20)11-13-10-9-12-5-1-2-6-14(12)18(13)19/h3-4,7-10,17,20H,1-2,5-6,11H2. The van der Waals surface area contributed by atoms with E-state index in [1.165, 1.54) is 17.5 Å². The fourth-order valence-electron chi connectivity index (χ4n) is 4.59. The largest absolute Gasteiger partial charge is 0.453 e. The molecule has 0 fully saturated rings. The summed E-state index contributed by atoms with van der Waals surface area (Å²) in [6.45, 7) is 0. The van der Waals surface area contributed by atoms with Crippen LogP contribution in [0.4, 0.5) is 0 Å². The summed E-state index contributed by atoms with van der Waals surface area (Å²) in [7, 11) is 0. The SMILES string of the molecule is O=C1OC(C2Cc3ccc4c(c3C2=O)CCCC4)c2ccccc21. The van der Waals surface area contributed by atoms with Crippen molar-refractivity contribution in [1.82, 2.24) is 0 Å². The van der Waals surface area contributed by atoms with Crippen molar-refractivity contribution in [2.24, 2.45) is 5.92 Å². The highest BCUT2D eigenvalue weighted by atomic mass is 16.5. The number of cyclic esters (lactones) is 1. The van der Waals surface area contributed by atoms with Crippen LogP contribution in [0.15, 0.2) is 36.4 Å². The summed E-state index contributed by atoms with van der Waals surface area (Å²) < 4.78 is 5.60. The van der Waals surface area contributed by atoms with E-state index in [4.69, 9.17) is 4.74 Å². The molecule has 0 aromatic heterocycles. The molecule has 0 N–H and O–H groups in total. The lowest BCUT2D eigenvalue weighted by Gasteiger charge is -2.19. The number of fused-ring (bicyclic) bond motifs is 4. The quantitative estimate of drug-likeness (QED) is 0.751. The number of Topliss-reactive ketones (excluding diaryl/α,β-unsaturated/α-hetero) is 1. The first-order chi connectivity index (χ1) is 11.7. The molecule has 0 bridgehead atoms. The van der Waals surface area contributed by atoms with Gasteiger partial charge in [-0.15, -0.1) is 0 Å². The Balaban J connectivity index is 1.57. The zero-order chi connectivity index (χ0) is 16.3. The Labute approximate surface area is 140 Å². The smallest absolute Gasteiger partial charge is 0.339 e. The van der Waals surface area contributed by atoms with E-state index < -0.39 is 6.10 Å². The van der Waals surface area contributed by atoms with Crippen LogP contribution in [-0.2, 0) is 24.0 Å². The number of ether oxygens (including phenoxy) is 1. The molecule has 0 saturated heterocycles. The van der Waals surface area contributed by atoms with Crippen molar-refractivity contribution in [2.45, 2.75) is 38.2 Å². The van der Waals surface area contributed by atoms with Gasteiger partial charge in [0, 0.05) is 11.1 Å². The minimum Gasteiger partial charge on any atom is -0.453 e. The molecule has 2 aromatic carbocycles. The summed E-state index contributed by atoms with van der Waals surface area (Å²) in [5.41, 5.74) is 6.11. The molecule has 1 heterocycles. The van der Waals surface area contributed by atoms with Gasteiger partial charge in [-0.3, -0.25) is 4.79 Å². The number of carbonyl (C=O) groups is 2. The predicted octanol–water partition coefficient (Wildman–Crippen LogP) is 3.83. The third-order valence-corrected chi connectivity index (χ3v) is 5.73. The molecule has 2 aliphatic carbocycles. The van der Waals surface area contributed by atoms with Gasteiger partial charge in [0.2, 0.25) is 0 Å². The van der Waals surface area contributed by atoms with Crippen LogP contribution in [0.25, 0.3) is 0 Å². The maximum Gasteiger partial charge on any atom is 0.339 e. The van der Waals surface area contributed by atoms with Crippen LogP contribution in [-0.4, -0.2) is 11.8 Å². The molecule has 2 aromatic rings. The lowest BCUT2D eigenvalue weighted by Crippen LogP contribution is -2.20. The minimum absolute atomic E-state index is 0.165. The van der Waals surface area contributed by atoms with Gasteiger partial charge >= 0.3 is 5.97 Å². The summed E-state index contributed by atoms with van der Waals surface area (Å²) in [4.78, 5) is 25.3. The molecular formula is C21H18O3. The van der Waals surface area contributed by atoms with Crippen molar-refractivity contribution in [2.75, 3.05) is 0 Å². The number of esters is 1. The molecule has 2 unspecified atom stereocenters. The van der Waals surface area contributed by atoms with Crippen molar-refractivity contribution in [3.05, 3.63) is 69.8 Å². The van der Waals surface area contributed by atoms with E-state index in [9.17, 15) is 9.59 Å². The van der Waals surface area contributed by atoms with Crippen LogP contribution in [0, 0.1) is 5.92 Å². The number of ketones is 1. The Morgan fingerprint density at radius 3 is 2.62 bits per heavy atom. The fraction of sp³-hybridized carbons (Fsp3) is 0.333. The first-order valence-corrected chi connectivity index (χ1v) is 8.72. The lowest BCUT2D eigenvalue weighted by molar-refractivity contribution is 0.0252. The summed E-state index contributed by atoms with van der Waals surface area (Å²) in [6.07, 6.45) is 4.67. The van der Waals surface area contributed by atoms with E-state index in [0.717, 1.165) is 36.0 Å². The molecule has 0 amide bonds. The number of hydrogen-bond donors (Lipinski definition) is 0. The van der Waals surface area contributed by atoms with E-state index in [0.29, 0.717) is 12.0 Å². The minimum atomic E-state index is -0.437. The van der Waals surface area contributed by atoms with Gasteiger partial charge in [-0.25, -0.2) is 4.79 Å². The van der Waals surface area contributed by atoms with Gasteiger partial charge in [0.05, 0.1) is 11.5 Å². The Bertz CT molecular complexity index is 881. The first kappa shape index (κ1) is 14.0. The van der Waals surface area contributed by atoms with Crippen LogP contribution in [0.2, 0.25) is 0 Å². The van der Waals surface area contributed by atoms with Crippen LogP contribution in [0.3, 0.4) is 0 Å². The summed E-state index contributed by atoms with van der Waals surface area (Å²) in [5, 5.41) is 0. The van der Waals surface area contributed by atoms with Crippen molar-refractivity contribution in [1.29, 1.82) is 0 Å². The maximum absolute atomic E-state index is 13.2. The van der Waals surface area contributed by atoms with Gasteiger partial charge in [0.25, 0.3) is 0 Å². The molecule has 120 valence electrons. The van der Waals surface area contributed by atoms with Gasteiger partial charge in [0.1, 0.15) is 6.10 Å². The molecule has 3 heteroatoms. The highest BCUT2D eigenvalue weighted by Crippen LogP contribution is 2.44. The molecule has 24 heavy (non-hydrogen) atoms. The predicted molar refractivity (Wildman–Crippen MR) is 89.2 cm³/mol. The lowest BCUT2D eigenvalue weighted by atomic mass is 9.86. The van der Waals surface area contributed by atoms with Crippen molar-refractivity contribution >= 4 is 11.8 Å². The highest BCUT2D eigenvalue weighted by molar-refractivity contribution is 6.05. The molecule has 5 rings (SSSR count). The molecule has 2 atom stereocenters. The summed E-state index contributed by atoms with van der Waals surface area (Å²) >= 11 is 0. The summed E-state index contributed by atoms with van der Waals surface area (Å²) in [6, 6.07) is 11.7.